The average molecular weight is 516 g/mol. The summed E-state index contributed by atoms with van der Waals surface area (Å²) < 4.78 is 1.34. The number of rotatable bonds is 3. The maximum absolute atomic E-state index is 3.63. The average Bonchev–Trinajstić information content (AvgIpc) is 2.82. The van der Waals surface area contributed by atoms with E-state index in [9.17, 15) is 0 Å². The third kappa shape index (κ3) is 9.63. The van der Waals surface area contributed by atoms with Crippen LogP contribution in [0.15, 0.2) is 116 Å². The first-order valence-corrected chi connectivity index (χ1v) is 11.4. The monoisotopic (exact) mass is 516 g/mol. The van der Waals surface area contributed by atoms with Crippen LogP contribution in [0.2, 0.25) is 0 Å². The lowest BCUT2D eigenvalue weighted by Crippen LogP contribution is -1.77. The fraction of sp³-hybridized carbons (Fsp3) is 0.0667. The summed E-state index contributed by atoms with van der Waals surface area (Å²) in [5.41, 5.74) is 6.35. The van der Waals surface area contributed by atoms with E-state index in [-0.39, 0.29) is 0 Å². The molecule has 1 heteroatoms. The van der Waals surface area contributed by atoms with Gasteiger partial charge in [0.25, 0.3) is 0 Å². The van der Waals surface area contributed by atoms with Gasteiger partial charge in [0, 0.05) is 3.57 Å². The van der Waals surface area contributed by atoms with Gasteiger partial charge in [0.2, 0.25) is 0 Å². The van der Waals surface area contributed by atoms with E-state index < -0.39 is 0 Å². The molecule has 0 aromatic heterocycles. The molecule has 0 atom stereocenters. The molecule has 0 aliphatic heterocycles. The van der Waals surface area contributed by atoms with Crippen molar-refractivity contribution < 1.29 is 0 Å². The SMILES string of the molecule is C=Cc1ccccc1.Cc1ccccc1/C=C/c1ccccc1.Cc1ccccc1I. The highest BCUT2D eigenvalue weighted by molar-refractivity contribution is 14.1. The number of hydrogen-bond donors (Lipinski definition) is 0. The predicted octanol–water partition coefficient (Wildman–Crippen LogP) is 9.09. The first-order chi connectivity index (χ1) is 15.1. The molecular formula is C30H29I. The van der Waals surface area contributed by atoms with Crippen molar-refractivity contribution in [2.75, 3.05) is 0 Å². The van der Waals surface area contributed by atoms with E-state index in [1.807, 2.05) is 42.5 Å². The smallest absolute Gasteiger partial charge is 0.0159 e. The van der Waals surface area contributed by atoms with Gasteiger partial charge in [-0.2, -0.15) is 0 Å². The molecule has 0 nitrogen and oxygen atoms in total. The van der Waals surface area contributed by atoms with Crippen molar-refractivity contribution in [3.63, 3.8) is 0 Å². The van der Waals surface area contributed by atoms with Crippen molar-refractivity contribution in [2.45, 2.75) is 13.8 Å². The molecule has 0 unspecified atom stereocenters. The van der Waals surface area contributed by atoms with Gasteiger partial charge in [-0.3, -0.25) is 0 Å². The van der Waals surface area contributed by atoms with Gasteiger partial charge >= 0.3 is 0 Å². The molecule has 4 aromatic rings. The Hall–Kier alpha value is -2.91. The summed E-state index contributed by atoms with van der Waals surface area (Å²) >= 11 is 2.32. The minimum atomic E-state index is 1.17. The molecule has 0 radical (unpaired) electrons. The van der Waals surface area contributed by atoms with Gasteiger partial charge in [0.1, 0.15) is 0 Å². The minimum Gasteiger partial charge on any atom is -0.0985 e. The molecule has 31 heavy (non-hydrogen) atoms. The van der Waals surface area contributed by atoms with Crippen molar-refractivity contribution in [1.82, 2.24) is 0 Å². The van der Waals surface area contributed by atoms with Crippen LogP contribution in [0.25, 0.3) is 18.2 Å². The maximum atomic E-state index is 3.63. The van der Waals surface area contributed by atoms with E-state index in [0.29, 0.717) is 0 Å². The quantitative estimate of drug-likeness (QED) is 0.188. The predicted molar refractivity (Wildman–Crippen MR) is 147 cm³/mol. The van der Waals surface area contributed by atoms with Crippen LogP contribution in [0.3, 0.4) is 0 Å². The molecule has 0 N–H and O–H groups in total. The Kier molecular flexibility index (Phi) is 11.1. The summed E-state index contributed by atoms with van der Waals surface area (Å²) in [5, 5.41) is 0. The summed E-state index contributed by atoms with van der Waals surface area (Å²) in [6.07, 6.45) is 6.13. The third-order valence-electron chi connectivity index (χ3n) is 4.56. The molecular weight excluding hydrogens is 487 g/mol. The topological polar surface area (TPSA) is 0 Å². The Morgan fingerprint density at radius 1 is 0.548 bits per heavy atom. The Balaban J connectivity index is 0.000000181. The Labute approximate surface area is 201 Å². The van der Waals surface area contributed by atoms with E-state index >= 15 is 0 Å². The van der Waals surface area contributed by atoms with Crippen LogP contribution in [0.4, 0.5) is 0 Å². The molecule has 0 saturated carbocycles. The zero-order valence-electron chi connectivity index (χ0n) is 18.2. The van der Waals surface area contributed by atoms with Crippen molar-refractivity contribution in [2.24, 2.45) is 0 Å². The van der Waals surface area contributed by atoms with Crippen molar-refractivity contribution in [1.29, 1.82) is 0 Å². The van der Waals surface area contributed by atoms with Gasteiger partial charge in [-0.1, -0.05) is 128 Å². The van der Waals surface area contributed by atoms with Crippen LogP contribution in [0.1, 0.15) is 27.8 Å². The van der Waals surface area contributed by atoms with E-state index in [2.05, 4.69) is 128 Å². The van der Waals surface area contributed by atoms with Crippen LogP contribution in [-0.4, -0.2) is 0 Å². The number of hydrogen-bond acceptors (Lipinski definition) is 0. The first kappa shape index (κ1) is 24.4. The summed E-state index contributed by atoms with van der Waals surface area (Å²) in [5.74, 6) is 0. The van der Waals surface area contributed by atoms with Gasteiger partial charge < -0.3 is 0 Å². The zero-order chi connectivity index (χ0) is 22.3. The normalized spacial score (nSPS) is 9.77. The molecule has 4 rings (SSSR count). The Bertz CT molecular complexity index is 1040. The second-order valence-electron chi connectivity index (χ2n) is 6.96. The standard InChI is InChI=1S/C15H14.C8H8.C7H7I/c1-13-7-5-6-10-15(13)12-11-14-8-3-2-4-9-14;1-2-8-6-4-3-5-7-8;1-6-4-2-3-5-7(6)8/h2-12H,1H3;2-7H,1H2;2-5H,1H3/b12-11+;;. The lowest BCUT2D eigenvalue weighted by Gasteiger charge is -1.98. The molecule has 0 saturated heterocycles. The molecule has 0 heterocycles. The van der Waals surface area contributed by atoms with Crippen LogP contribution < -0.4 is 0 Å². The molecule has 0 aliphatic rings. The van der Waals surface area contributed by atoms with Crippen LogP contribution >= 0.6 is 22.6 Å². The van der Waals surface area contributed by atoms with E-state index in [1.54, 1.807) is 0 Å². The minimum absolute atomic E-state index is 1.17. The van der Waals surface area contributed by atoms with Crippen molar-refractivity contribution in [3.8, 4) is 0 Å². The van der Waals surface area contributed by atoms with Crippen molar-refractivity contribution >= 4 is 40.8 Å². The van der Waals surface area contributed by atoms with E-state index in [1.165, 1.54) is 31.4 Å². The lowest BCUT2D eigenvalue weighted by molar-refractivity contribution is 1.43. The van der Waals surface area contributed by atoms with Crippen molar-refractivity contribution in [3.05, 3.63) is 147 Å². The summed E-state index contributed by atoms with van der Waals surface area (Å²) in [7, 11) is 0. The number of aryl methyl sites for hydroxylation is 2. The summed E-state index contributed by atoms with van der Waals surface area (Å²) in [6.45, 7) is 7.87. The van der Waals surface area contributed by atoms with E-state index in [4.69, 9.17) is 0 Å². The highest BCUT2D eigenvalue weighted by Gasteiger charge is 1.90. The van der Waals surface area contributed by atoms with Gasteiger partial charge in [-0.05, 0) is 70.3 Å². The van der Waals surface area contributed by atoms with E-state index in [0.717, 1.165) is 0 Å². The van der Waals surface area contributed by atoms with Gasteiger partial charge in [0.05, 0.1) is 0 Å². The van der Waals surface area contributed by atoms with Crippen LogP contribution in [-0.2, 0) is 0 Å². The molecule has 0 amide bonds. The number of halogens is 1. The first-order valence-electron chi connectivity index (χ1n) is 10.3. The Morgan fingerprint density at radius 2 is 1.03 bits per heavy atom. The highest BCUT2D eigenvalue weighted by Crippen LogP contribution is 2.12. The molecule has 4 aromatic carbocycles. The maximum Gasteiger partial charge on any atom is 0.0159 e. The fourth-order valence-corrected chi connectivity index (χ4v) is 3.05. The summed E-state index contributed by atoms with van der Waals surface area (Å²) in [6, 6.07) is 37.1. The highest BCUT2D eigenvalue weighted by atomic mass is 127. The Morgan fingerprint density at radius 3 is 1.48 bits per heavy atom. The lowest BCUT2D eigenvalue weighted by atomic mass is 10.1. The van der Waals surface area contributed by atoms with Gasteiger partial charge in [-0.15, -0.1) is 0 Å². The van der Waals surface area contributed by atoms with Crippen LogP contribution in [0.5, 0.6) is 0 Å². The molecule has 0 bridgehead atoms. The third-order valence-corrected chi connectivity index (χ3v) is 5.77. The second kappa shape index (κ2) is 14.2. The van der Waals surface area contributed by atoms with Gasteiger partial charge in [0.15, 0.2) is 0 Å². The largest absolute Gasteiger partial charge is 0.0985 e. The fourth-order valence-electron chi connectivity index (χ4n) is 2.66. The second-order valence-corrected chi connectivity index (χ2v) is 8.13. The molecule has 0 fully saturated rings. The van der Waals surface area contributed by atoms with Crippen LogP contribution in [0, 0.1) is 17.4 Å². The summed E-state index contributed by atoms with van der Waals surface area (Å²) in [4.78, 5) is 0. The molecule has 0 spiro atoms. The zero-order valence-corrected chi connectivity index (χ0v) is 20.4. The molecule has 156 valence electrons. The van der Waals surface area contributed by atoms with Gasteiger partial charge in [-0.25, -0.2) is 0 Å². The number of benzene rings is 4. The molecule has 0 aliphatic carbocycles.